The first-order chi connectivity index (χ1) is 18.2. The highest BCUT2D eigenvalue weighted by Gasteiger charge is 2.27. The van der Waals surface area contributed by atoms with E-state index in [2.05, 4.69) is 10.3 Å². The fourth-order valence-corrected chi connectivity index (χ4v) is 5.39. The van der Waals surface area contributed by atoms with Gasteiger partial charge in [0, 0.05) is 55.7 Å². The van der Waals surface area contributed by atoms with Gasteiger partial charge in [-0.3, -0.25) is 23.7 Å². The number of Topliss-reactive ketones (excluding diaryl/α,β-unsaturated/α-hetero) is 1. The highest BCUT2D eigenvalue weighted by atomic mass is 16.2. The number of amides is 2. The van der Waals surface area contributed by atoms with Gasteiger partial charge in [-0.2, -0.15) is 0 Å². The van der Waals surface area contributed by atoms with E-state index >= 15 is 0 Å². The van der Waals surface area contributed by atoms with Gasteiger partial charge in [-0.25, -0.2) is 9.59 Å². The molecule has 1 saturated heterocycles. The van der Waals surface area contributed by atoms with Crippen molar-refractivity contribution < 1.29 is 9.59 Å². The van der Waals surface area contributed by atoms with Gasteiger partial charge in [0.15, 0.2) is 5.78 Å². The van der Waals surface area contributed by atoms with E-state index in [0.717, 1.165) is 31.2 Å². The molecule has 1 saturated carbocycles. The minimum Gasteiger partial charge on any atom is -0.324 e. The van der Waals surface area contributed by atoms with Crippen LogP contribution in [0.3, 0.4) is 0 Å². The Kier molecular flexibility index (Phi) is 7.19. The third kappa shape index (κ3) is 5.42. The van der Waals surface area contributed by atoms with Crippen LogP contribution in [-0.2, 0) is 6.54 Å². The van der Waals surface area contributed by atoms with Crippen LogP contribution in [0.1, 0.15) is 67.9 Å². The minimum atomic E-state index is -0.313. The molecule has 1 aromatic carbocycles. The van der Waals surface area contributed by atoms with E-state index in [9.17, 15) is 19.2 Å². The van der Waals surface area contributed by atoms with Crippen molar-refractivity contribution in [2.45, 2.75) is 65.5 Å². The smallest absolute Gasteiger partial charge is 0.324 e. The molecule has 2 fully saturated rings. The Labute approximate surface area is 221 Å². The van der Waals surface area contributed by atoms with E-state index in [1.807, 2.05) is 26.8 Å². The van der Waals surface area contributed by atoms with E-state index in [4.69, 9.17) is 0 Å². The number of nitrogens with one attached hydrogen (secondary N) is 1. The highest BCUT2D eigenvalue weighted by molar-refractivity contribution is 5.96. The summed E-state index contributed by atoms with van der Waals surface area (Å²) >= 11 is 0. The summed E-state index contributed by atoms with van der Waals surface area (Å²) in [6, 6.07) is 6.63. The number of aromatic nitrogens is 3. The first-order valence-corrected chi connectivity index (χ1v) is 13.5. The number of nitrogens with zero attached hydrogens (tertiary/aromatic N) is 4. The summed E-state index contributed by atoms with van der Waals surface area (Å²) in [5.74, 6) is 0.498. The molecular formula is C29H35N5O4. The molecular weight excluding hydrogens is 482 g/mol. The average molecular weight is 518 g/mol. The second-order valence-electron chi connectivity index (χ2n) is 11.1. The van der Waals surface area contributed by atoms with Crippen LogP contribution in [0, 0.1) is 18.8 Å². The summed E-state index contributed by atoms with van der Waals surface area (Å²) in [5.41, 5.74) is 2.04. The second kappa shape index (κ2) is 10.6. The first kappa shape index (κ1) is 25.9. The molecule has 3 aromatic rings. The zero-order chi connectivity index (χ0) is 27.0. The third-order valence-corrected chi connectivity index (χ3v) is 7.55. The molecule has 0 bridgehead atoms. The second-order valence-corrected chi connectivity index (χ2v) is 11.1. The highest BCUT2D eigenvalue weighted by Crippen LogP contribution is 2.30. The maximum Gasteiger partial charge on any atom is 0.331 e. The van der Waals surface area contributed by atoms with E-state index < -0.39 is 0 Å². The molecule has 200 valence electrons. The van der Waals surface area contributed by atoms with Crippen LogP contribution in [0.5, 0.6) is 0 Å². The van der Waals surface area contributed by atoms with Gasteiger partial charge in [-0.1, -0.05) is 0 Å². The van der Waals surface area contributed by atoms with Crippen LogP contribution in [-0.4, -0.2) is 43.9 Å². The van der Waals surface area contributed by atoms with Gasteiger partial charge in [-0.05, 0) is 88.1 Å². The molecule has 0 radical (unpaired) electrons. The zero-order valence-electron chi connectivity index (χ0n) is 22.3. The summed E-state index contributed by atoms with van der Waals surface area (Å²) in [5, 5.41) is 3.36. The van der Waals surface area contributed by atoms with Gasteiger partial charge < -0.3 is 10.2 Å². The summed E-state index contributed by atoms with van der Waals surface area (Å²) in [6.07, 6.45) is 7.47. The van der Waals surface area contributed by atoms with Gasteiger partial charge in [0.05, 0.1) is 10.9 Å². The fourth-order valence-electron chi connectivity index (χ4n) is 5.39. The van der Waals surface area contributed by atoms with Crippen molar-refractivity contribution in [3.63, 3.8) is 0 Å². The van der Waals surface area contributed by atoms with E-state index in [-0.39, 0.29) is 35.0 Å². The lowest BCUT2D eigenvalue weighted by molar-refractivity contribution is 0.0930. The maximum absolute atomic E-state index is 13.3. The number of fused-ring (bicyclic) bond motifs is 1. The van der Waals surface area contributed by atoms with Crippen LogP contribution in [0.2, 0.25) is 0 Å². The molecule has 2 amide bonds. The maximum atomic E-state index is 13.3. The lowest BCUT2D eigenvalue weighted by atomic mass is 9.91. The van der Waals surface area contributed by atoms with Crippen LogP contribution >= 0.6 is 0 Å². The van der Waals surface area contributed by atoms with Crippen LogP contribution < -0.4 is 16.6 Å². The van der Waals surface area contributed by atoms with Gasteiger partial charge >= 0.3 is 11.7 Å². The minimum absolute atomic E-state index is 0.0432. The Hall–Kier alpha value is -3.75. The molecule has 1 unspecified atom stereocenters. The average Bonchev–Trinajstić information content (AvgIpc) is 3.71. The summed E-state index contributed by atoms with van der Waals surface area (Å²) in [4.78, 5) is 58.2. The number of piperidine rings is 1. The molecule has 0 spiro atoms. The molecule has 5 rings (SSSR count). The van der Waals surface area contributed by atoms with Crippen molar-refractivity contribution >= 4 is 28.4 Å². The molecule has 2 aromatic heterocycles. The quantitative estimate of drug-likeness (QED) is 0.469. The zero-order valence-corrected chi connectivity index (χ0v) is 22.3. The van der Waals surface area contributed by atoms with E-state index in [0.29, 0.717) is 54.1 Å². The number of anilines is 1. The number of carbonyl (C=O) groups excluding carboxylic acids is 2. The molecule has 38 heavy (non-hydrogen) atoms. The van der Waals surface area contributed by atoms with E-state index in [1.165, 1.54) is 4.57 Å². The molecule has 1 aliphatic carbocycles. The predicted molar refractivity (Wildman–Crippen MR) is 147 cm³/mol. The number of aryl methyl sites for hydroxylation is 1. The van der Waals surface area contributed by atoms with Gasteiger partial charge in [-0.15, -0.1) is 0 Å². The van der Waals surface area contributed by atoms with Gasteiger partial charge in [0.2, 0.25) is 0 Å². The lowest BCUT2D eigenvalue weighted by Gasteiger charge is -2.32. The predicted octanol–water partition coefficient (Wildman–Crippen LogP) is 4.37. The molecule has 1 N–H and O–H groups in total. The van der Waals surface area contributed by atoms with Crippen LogP contribution in [0.15, 0.2) is 46.2 Å². The first-order valence-electron chi connectivity index (χ1n) is 13.5. The Bertz CT molecular complexity index is 1500. The Morgan fingerprint density at radius 2 is 1.87 bits per heavy atom. The van der Waals surface area contributed by atoms with Crippen LogP contribution in [0.25, 0.3) is 10.9 Å². The molecule has 3 heterocycles. The topological polar surface area (TPSA) is 106 Å². The summed E-state index contributed by atoms with van der Waals surface area (Å²) < 4.78 is 3.00. The van der Waals surface area contributed by atoms with Gasteiger partial charge in [0.25, 0.3) is 5.56 Å². The largest absolute Gasteiger partial charge is 0.331 e. The van der Waals surface area contributed by atoms with Crippen molar-refractivity contribution in [3.05, 3.63) is 68.6 Å². The Morgan fingerprint density at radius 1 is 1.08 bits per heavy atom. The molecule has 2 aliphatic rings. The normalized spacial score (nSPS) is 17.7. The summed E-state index contributed by atoms with van der Waals surface area (Å²) in [6.45, 7) is 7.30. The number of hydrogen-bond acceptors (Lipinski definition) is 5. The molecule has 9 nitrogen and oxygen atoms in total. The van der Waals surface area contributed by atoms with Crippen molar-refractivity contribution in [1.29, 1.82) is 0 Å². The number of urea groups is 1. The molecule has 9 heteroatoms. The molecule has 1 aliphatic heterocycles. The molecule has 1 atom stereocenters. The van der Waals surface area contributed by atoms with Crippen molar-refractivity contribution in [1.82, 2.24) is 19.0 Å². The van der Waals surface area contributed by atoms with E-state index in [1.54, 1.807) is 40.1 Å². The Balaban J connectivity index is 1.33. The fraction of sp³-hybridized carbons (Fsp3) is 0.483. The standard InChI is InChI=1S/C29H35N5O4/c1-18(2)34-25-9-8-23(13-24(25)27(36)33(29(34)38)17-20-6-7-20)31-28(37)32-10-4-5-21(16-32)12-26(35)22-11-19(3)14-30-15-22/h8-9,11,13-15,18,20-21H,4-7,10,12,16-17H2,1-3H3,(H,31,37). The number of pyridine rings is 1. The number of benzene rings is 1. The van der Waals surface area contributed by atoms with Gasteiger partial charge in [0.1, 0.15) is 0 Å². The van der Waals surface area contributed by atoms with Crippen molar-refractivity contribution in [2.75, 3.05) is 18.4 Å². The monoisotopic (exact) mass is 517 g/mol. The number of hydrogen-bond donors (Lipinski definition) is 1. The van der Waals surface area contributed by atoms with Crippen molar-refractivity contribution in [3.8, 4) is 0 Å². The number of ketones is 1. The van der Waals surface area contributed by atoms with Crippen molar-refractivity contribution in [2.24, 2.45) is 11.8 Å². The Morgan fingerprint density at radius 3 is 2.58 bits per heavy atom. The summed E-state index contributed by atoms with van der Waals surface area (Å²) in [7, 11) is 0. The number of rotatable bonds is 7. The lowest BCUT2D eigenvalue weighted by Crippen LogP contribution is -2.43. The number of likely N-dealkylation sites (tertiary alicyclic amines) is 1. The van der Waals surface area contributed by atoms with Crippen LogP contribution in [0.4, 0.5) is 10.5 Å². The third-order valence-electron chi connectivity index (χ3n) is 7.55. The SMILES string of the molecule is Cc1cncc(C(=O)CC2CCCN(C(=O)Nc3ccc4c(c3)c(=O)n(CC3CC3)c(=O)n4C(C)C)C2)c1. The number of carbonyl (C=O) groups is 2.